The van der Waals surface area contributed by atoms with Gasteiger partial charge in [0.15, 0.2) is 5.69 Å². The first-order valence-corrected chi connectivity index (χ1v) is 11.6. The van der Waals surface area contributed by atoms with Crippen molar-refractivity contribution in [1.29, 1.82) is 0 Å². The maximum absolute atomic E-state index is 12.1. The summed E-state index contributed by atoms with van der Waals surface area (Å²) in [7, 11) is 0. The smallest absolute Gasteiger partial charge is 0.273 e. The van der Waals surface area contributed by atoms with E-state index in [1.165, 1.54) is 83.3 Å². The van der Waals surface area contributed by atoms with E-state index in [0.29, 0.717) is 18.1 Å². The number of rotatable bonds is 17. The molecule has 0 aliphatic rings. The van der Waals surface area contributed by atoms with Crippen molar-refractivity contribution >= 4 is 5.91 Å². The van der Waals surface area contributed by atoms with Gasteiger partial charge in [-0.2, -0.15) is 0 Å². The van der Waals surface area contributed by atoms with Crippen LogP contribution in [0.2, 0.25) is 0 Å². The SMILES string of the molecule is CCCCCCCCCCCCCCCNC(=O)c1coc(C(N)C(C)C)n1. The summed E-state index contributed by atoms with van der Waals surface area (Å²) in [4.78, 5) is 16.3. The van der Waals surface area contributed by atoms with Crippen molar-refractivity contribution in [3.05, 3.63) is 17.8 Å². The number of hydrogen-bond acceptors (Lipinski definition) is 4. The summed E-state index contributed by atoms with van der Waals surface area (Å²) in [5, 5.41) is 2.92. The third kappa shape index (κ3) is 10.8. The van der Waals surface area contributed by atoms with E-state index in [4.69, 9.17) is 10.2 Å². The van der Waals surface area contributed by atoms with E-state index in [9.17, 15) is 4.79 Å². The van der Waals surface area contributed by atoms with Crippen LogP contribution < -0.4 is 11.1 Å². The summed E-state index contributed by atoms with van der Waals surface area (Å²) >= 11 is 0. The molecule has 0 spiro atoms. The van der Waals surface area contributed by atoms with Crippen molar-refractivity contribution in [3.63, 3.8) is 0 Å². The molecule has 0 saturated heterocycles. The molecule has 1 aromatic rings. The van der Waals surface area contributed by atoms with Gasteiger partial charge in [0.2, 0.25) is 5.89 Å². The zero-order chi connectivity index (χ0) is 20.6. The van der Waals surface area contributed by atoms with E-state index in [0.717, 1.165) is 6.42 Å². The van der Waals surface area contributed by atoms with Gasteiger partial charge in [-0.15, -0.1) is 0 Å². The first kappa shape index (κ1) is 24.7. The van der Waals surface area contributed by atoms with E-state index in [1.807, 2.05) is 13.8 Å². The molecular formula is C23H43N3O2. The van der Waals surface area contributed by atoms with E-state index < -0.39 is 0 Å². The lowest BCUT2D eigenvalue weighted by Gasteiger charge is -2.10. The van der Waals surface area contributed by atoms with Gasteiger partial charge in [0.1, 0.15) is 6.26 Å². The van der Waals surface area contributed by atoms with Crippen LogP contribution >= 0.6 is 0 Å². The second-order valence-electron chi connectivity index (χ2n) is 8.34. The molecule has 0 saturated carbocycles. The topological polar surface area (TPSA) is 81.2 Å². The highest BCUT2D eigenvalue weighted by atomic mass is 16.3. The third-order valence-electron chi connectivity index (χ3n) is 5.32. The van der Waals surface area contributed by atoms with Crippen molar-refractivity contribution in [1.82, 2.24) is 10.3 Å². The molecule has 162 valence electrons. The molecule has 1 heterocycles. The number of nitrogens with one attached hydrogen (secondary N) is 1. The van der Waals surface area contributed by atoms with Gasteiger partial charge in [0.05, 0.1) is 6.04 Å². The van der Waals surface area contributed by atoms with Crippen LogP contribution in [0, 0.1) is 5.92 Å². The standard InChI is InChI=1S/C23H43N3O2/c1-4-5-6-7-8-9-10-11-12-13-14-15-16-17-25-22(27)20-18-28-23(26-20)21(24)19(2)3/h18-19,21H,4-17,24H2,1-3H3,(H,25,27). The van der Waals surface area contributed by atoms with Crippen molar-refractivity contribution in [2.75, 3.05) is 6.54 Å². The van der Waals surface area contributed by atoms with E-state index in [-0.39, 0.29) is 17.9 Å². The van der Waals surface area contributed by atoms with Crippen LogP contribution in [0.5, 0.6) is 0 Å². The first-order chi connectivity index (χ1) is 13.6. The van der Waals surface area contributed by atoms with Gasteiger partial charge in [-0.1, -0.05) is 97.8 Å². The van der Waals surface area contributed by atoms with Crippen LogP contribution in [0.3, 0.4) is 0 Å². The highest BCUT2D eigenvalue weighted by Crippen LogP contribution is 2.18. The maximum Gasteiger partial charge on any atom is 0.273 e. The molecule has 1 atom stereocenters. The Hall–Kier alpha value is -1.36. The Bertz CT molecular complexity index is 514. The summed E-state index contributed by atoms with van der Waals surface area (Å²) < 4.78 is 5.34. The number of unbranched alkanes of at least 4 members (excludes halogenated alkanes) is 12. The second kappa shape index (κ2) is 15.5. The highest BCUT2D eigenvalue weighted by molar-refractivity contribution is 5.91. The van der Waals surface area contributed by atoms with Crippen LogP contribution in [-0.2, 0) is 0 Å². The van der Waals surface area contributed by atoms with Gasteiger partial charge >= 0.3 is 0 Å². The monoisotopic (exact) mass is 393 g/mol. The fraction of sp³-hybridized carbons (Fsp3) is 0.826. The molecular weight excluding hydrogens is 350 g/mol. The minimum Gasteiger partial charge on any atom is -0.446 e. The maximum atomic E-state index is 12.1. The molecule has 5 nitrogen and oxygen atoms in total. The molecule has 1 amide bonds. The molecule has 5 heteroatoms. The van der Waals surface area contributed by atoms with Crippen LogP contribution in [0.15, 0.2) is 10.7 Å². The first-order valence-electron chi connectivity index (χ1n) is 11.6. The second-order valence-corrected chi connectivity index (χ2v) is 8.34. The van der Waals surface area contributed by atoms with Gasteiger partial charge in [-0.3, -0.25) is 4.79 Å². The number of oxazole rings is 1. The lowest BCUT2D eigenvalue weighted by atomic mass is 10.0. The summed E-state index contributed by atoms with van der Waals surface area (Å²) in [6.07, 6.45) is 18.6. The average molecular weight is 394 g/mol. The van der Waals surface area contributed by atoms with Crippen molar-refractivity contribution in [3.8, 4) is 0 Å². The number of amides is 1. The molecule has 1 aromatic heterocycles. The number of carbonyl (C=O) groups is 1. The highest BCUT2D eigenvalue weighted by Gasteiger charge is 2.19. The quantitative estimate of drug-likeness (QED) is 0.311. The van der Waals surface area contributed by atoms with Crippen LogP contribution in [-0.4, -0.2) is 17.4 Å². The van der Waals surface area contributed by atoms with Crippen molar-refractivity contribution in [2.45, 2.75) is 110 Å². The fourth-order valence-corrected chi connectivity index (χ4v) is 3.27. The molecule has 0 bridgehead atoms. The Morgan fingerprint density at radius 1 is 0.964 bits per heavy atom. The molecule has 1 rings (SSSR count). The number of hydrogen-bond donors (Lipinski definition) is 2. The van der Waals surface area contributed by atoms with Gasteiger partial charge < -0.3 is 15.5 Å². The number of aromatic nitrogens is 1. The molecule has 0 radical (unpaired) electrons. The van der Waals surface area contributed by atoms with Crippen LogP contribution in [0.25, 0.3) is 0 Å². The lowest BCUT2D eigenvalue weighted by Crippen LogP contribution is -2.25. The van der Waals surface area contributed by atoms with Crippen LogP contribution in [0.4, 0.5) is 0 Å². The fourth-order valence-electron chi connectivity index (χ4n) is 3.27. The minimum atomic E-state index is -0.275. The summed E-state index contributed by atoms with van der Waals surface area (Å²) in [6.45, 7) is 6.96. The normalized spacial score (nSPS) is 12.5. The summed E-state index contributed by atoms with van der Waals surface area (Å²) in [5.41, 5.74) is 6.31. The Labute approximate surface area is 172 Å². The van der Waals surface area contributed by atoms with Gasteiger partial charge in [0, 0.05) is 6.54 Å². The number of nitrogens with two attached hydrogens (primary N) is 1. The van der Waals surface area contributed by atoms with Gasteiger partial charge in [0.25, 0.3) is 5.91 Å². The summed E-state index contributed by atoms with van der Waals surface area (Å²) in [6, 6.07) is -0.275. The van der Waals surface area contributed by atoms with E-state index in [2.05, 4.69) is 17.2 Å². The molecule has 0 fully saturated rings. The predicted molar refractivity (Wildman–Crippen MR) is 116 cm³/mol. The molecule has 3 N–H and O–H groups in total. The summed E-state index contributed by atoms with van der Waals surface area (Å²) in [5.74, 6) is 0.478. The van der Waals surface area contributed by atoms with E-state index >= 15 is 0 Å². The molecule has 1 unspecified atom stereocenters. The molecule has 0 aromatic carbocycles. The minimum absolute atomic E-state index is 0.176. The zero-order valence-electron chi connectivity index (χ0n) is 18.5. The predicted octanol–water partition coefficient (Wildman–Crippen LogP) is 6.15. The third-order valence-corrected chi connectivity index (χ3v) is 5.32. The lowest BCUT2D eigenvalue weighted by molar-refractivity contribution is 0.0948. The van der Waals surface area contributed by atoms with Gasteiger partial charge in [-0.05, 0) is 12.3 Å². The number of carbonyl (C=O) groups excluding carboxylic acids is 1. The molecule has 0 aliphatic carbocycles. The van der Waals surface area contributed by atoms with Crippen LogP contribution in [0.1, 0.15) is 127 Å². The molecule has 0 aliphatic heterocycles. The van der Waals surface area contributed by atoms with Crippen molar-refractivity contribution in [2.24, 2.45) is 11.7 Å². The number of nitrogens with zero attached hydrogens (tertiary/aromatic N) is 1. The Morgan fingerprint density at radius 2 is 1.46 bits per heavy atom. The Kier molecular flexibility index (Phi) is 13.7. The van der Waals surface area contributed by atoms with Crippen molar-refractivity contribution < 1.29 is 9.21 Å². The average Bonchev–Trinajstić information content (AvgIpc) is 3.17. The Morgan fingerprint density at radius 3 is 1.96 bits per heavy atom. The largest absolute Gasteiger partial charge is 0.446 e. The van der Waals surface area contributed by atoms with Gasteiger partial charge in [-0.25, -0.2) is 4.98 Å². The Balaban J connectivity index is 1.95. The molecule has 28 heavy (non-hydrogen) atoms. The zero-order valence-corrected chi connectivity index (χ0v) is 18.5. The van der Waals surface area contributed by atoms with E-state index in [1.54, 1.807) is 0 Å².